The first kappa shape index (κ1) is 38.8. The van der Waals surface area contributed by atoms with E-state index in [0.29, 0.717) is 0 Å². The van der Waals surface area contributed by atoms with E-state index in [-0.39, 0.29) is 21.7 Å². The molecule has 39 heavy (non-hydrogen) atoms. The Labute approximate surface area is 267 Å². The maximum Gasteiger partial charge on any atom is 0.394 e. The van der Waals surface area contributed by atoms with Crippen molar-refractivity contribution < 1.29 is 17.5 Å². The van der Waals surface area contributed by atoms with Crippen LogP contribution in [0.3, 0.4) is 0 Å². The lowest BCUT2D eigenvalue weighted by molar-refractivity contribution is 0.381. The van der Waals surface area contributed by atoms with Gasteiger partial charge in [-0.3, -0.25) is 9.11 Å². The van der Waals surface area contributed by atoms with Crippen molar-refractivity contribution in [2.75, 3.05) is 0 Å². The molecule has 2 rings (SSSR count). The first-order valence-electron chi connectivity index (χ1n) is 13.8. The molecule has 0 bridgehead atoms. The van der Waals surface area contributed by atoms with E-state index in [1.165, 1.54) is 44.0 Å². The molecule has 0 saturated carbocycles. The van der Waals surface area contributed by atoms with Crippen LogP contribution in [-0.4, -0.2) is 17.5 Å². The van der Waals surface area contributed by atoms with Crippen LogP contribution in [0.4, 0.5) is 0 Å². The highest BCUT2D eigenvalue weighted by molar-refractivity contribution is 14.1. The van der Waals surface area contributed by atoms with Crippen molar-refractivity contribution in [3.63, 3.8) is 0 Å². The van der Waals surface area contributed by atoms with Crippen molar-refractivity contribution in [2.24, 2.45) is 0 Å². The van der Waals surface area contributed by atoms with Gasteiger partial charge in [0.25, 0.3) is 0 Å². The van der Waals surface area contributed by atoms with E-state index in [1.54, 1.807) is 11.1 Å². The summed E-state index contributed by atoms with van der Waals surface area (Å²) in [4.78, 5) is 0. The van der Waals surface area contributed by atoms with E-state index in [2.05, 4.69) is 165 Å². The van der Waals surface area contributed by atoms with Crippen LogP contribution in [-0.2, 0) is 32.1 Å². The van der Waals surface area contributed by atoms with Crippen LogP contribution < -0.4 is 0 Å². The van der Waals surface area contributed by atoms with Crippen LogP contribution >= 0.6 is 45.2 Å². The first-order valence-corrected chi connectivity index (χ1v) is 17.4. The van der Waals surface area contributed by atoms with Crippen molar-refractivity contribution in [2.45, 2.75) is 130 Å². The molecular formula is C32H52I2O4S. The van der Waals surface area contributed by atoms with Gasteiger partial charge >= 0.3 is 10.4 Å². The van der Waals surface area contributed by atoms with Crippen LogP contribution in [0.5, 0.6) is 0 Å². The summed E-state index contributed by atoms with van der Waals surface area (Å²) in [6, 6.07) is 13.5. The molecule has 0 atom stereocenters. The van der Waals surface area contributed by atoms with Crippen LogP contribution in [0, 0.1) is 7.14 Å². The van der Waals surface area contributed by atoms with Gasteiger partial charge in [0.2, 0.25) is 0 Å². The summed E-state index contributed by atoms with van der Waals surface area (Å²) < 4.78 is 34.4. The minimum Gasteiger partial charge on any atom is -0.264 e. The topological polar surface area (TPSA) is 74.6 Å². The zero-order valence-corrected chi connectivity index (χ0v) is 31.3. The maximum absolute atomic E-state index is 8.74. The molecule has 224 valence electrons. The van der Waals surface area contributed by atoms with Crippen molar-refractivity contribution in [1.82, 2.24) is 0 Å². The van der Waals surface area contributed by atoms with Crippen molar-refractivity contribution in [3.05, 3.63) is 65.8 Å². The number of halogens is 2. The van der Waals surface area contributed by atoms with Gasteiger partial charge in [0.05, 0.1) is 0 Å². The van der Waals surface area contributed by atoms with E-state index < -0.39 is 10.4 Å². The molecule has 0 unspecified atom stereocenters. The molecule has 0 aromatic heterocycles. The Balaban J connectivity index is 0.000000632. The summed E-state index contributed by atoms with van der Waals surface area (Å²) in [6.07, 6.45) is 4.72. The molecule has 0 aliphatic carbocycles. The summed E-state index contributed by atoms with van der Waals surface area (Å²) in [5, 5.41) is 0. The minimum atomic E-state index is -4.67. The maximum atomic E-state index is 8.74. The second-order valence-electron chi connectivity index (χ2n) is 12.7. The minimum absolute atomic E-state index is 0.263. The Bertz CT molecular complexity index is 1080. The zero-order valence-electron chi connectivity index (χ0n) is 26.2. The van der Waals surface area contributed by atoms with E-state index in [0.717, 1.165) is 0 Å². The van der Waals surface area contributed by atoms with Crippen LogP contribution in [0.2, 0.25) is 0 Å². The Kier molecular flexibility index (Phi) is 15.2. The van der Waals surface area contributed by atoms with Gasteiger partial charge in [0, 0.05) is 7.14 Å². The van der Waals surface area contributed by atoms with Gasteiger partial charge in [-0.25, -0.2) is 0 Å². The molecule has 0 radical (unpaired) electrons. The van der Waals surface area contributed by atoms with Gasteiger partial charge in [0.15, 0.2) is 0 Å². The molecule has 0 fully saturated rings. The van der Waals surface area contributed by atoms with Gasteiger partial charge in [-0.1, -0.05) is 107 Å². The predicted molar refractivity (Wildman–Crippen MR) is 186 cm³/mol. The molecule has 2 aromatic rings. The molecule has 0 amide bonds. The largest absolute Gasteiger partial charge is 0.394 e. The molecule has 2 N–H and O–H groups in total. The Morgan fingerprint density at radius 3 is 1.00 bits per heavy atom. The fourth-order valence-corrected chi connectivity index (χ4v) is 6.74. The monoisotopic (exact) mass is 786 g/mol. The van der Waals surface area contributed by atoms with Crippen molar-refractivity contribution >= 4 is 55.6 Å². The van der Waals surface area contributed by atoms with Gasteiger partial charge < -0.3 is 0 Å². The highest BCUT2D eigenvalue weighted by Gasteiger charge is 2.31. The molecule has 0 saturated heterocycles. The van der Waals surface area contributed by atoms with Gasteiger partial charge in [-0.05, 0) is 127 Å². The fraction of sp³-hybridized carbons (Fsp3) is 0.625. The third kappa shape index (κ3) is 11.9. The molecule has 0 aliphatic heterocycles. The number of hydrogen-bond acceptors (Lipinski definition) is 2. The third-order valence-corrected chi connectivity index (χ3v) is 10.2. The van der Waals surface area contributed by atoms with E-state index in [4.69, 9.17) is 17.5 Å². The predicted octanol–water partition coefficient (Wildman–Crippen LogP) is 10.7. The lowest BCUT2D eigenvalue weighted by atomic mass is 9.71. The van der Waals surface area contributed by atoms with Crippen LogP contribution in [0.25, 0.3) is 0 Å². The average Bonchev–Trinajstić information content (AvgIpc) is 2.82. The standard InChI is InChI=1S/2C16H25I.H2O4S/c2*1-7-15(3,4)12-10-9-11-13(17)14(12)16(5,6)8-2;1-5(2,3)4/h2*9-11H,7-8H2,1-6H3;(H2,1,2,3,4). The third-order valence-electron chi connectivity index (χ3n) is 8.37. The van der Waals surface area contributed by atoms with Crippen LogP contribution in [0.15, 0.2) is 36.4 Å². The van der Waals surface area contributed by atoms with Gasteiger partial charge in [0.1, 0.15) is 0 Å². The van der Waals surface area contributed by atoms with Crippen molar-refractivity contribution in [3.8, 4) is 0 Å². The normalized spacial score (nSPS) is 12.7. The first-order chi connectivity index (χ1) is 17.5. The number of benzene rings is 2. The highest BCUT2D eigenvalue weighted by Crippen LogP contribution is 2.41. The molecule has 0 spiro atoms. The smallest absolute Gasteiger partial charge is 0.264 e. The Morgan fingerprint density at radius 1 is 0.564 bits per heavy atom. The second kappa shape index (κ2) is 15.3. The summed E-state index contributed by atoms with van der Waals surface area (Å²) in [6.45, 7) is 28.0. The summed E-state index contributed by atoms with van der Waals surface area (Å²) >= 11 is 4.98. The lowest BCUT2D eigenvalue weighted by Crippen LogP contribution is -2.26. The zero-order chi connectivity index (χ0) is 31.0. The molecule has 0 aliphatic rings. The fourth-order valence-electron chi connectivity index (χ4n) is 4.29. The molecule has 7 heteroatoms. The summed E-state index contributed by atoms with van der Waals surface area (Å²) in [5.74, 6) is 0. The SMILES string of the molecule is CCC(C)(C)c1cccc(I)c1C(C)(C)CC.CCC(C)(C)c1cccc(I)c1C(C)(C)CC.O=S(=O)(O)O. The van der Waals surface area contributed by atoms with E-state index >= 15 is 0 Å². The molecule has 0 heterocycles. The molecule has 4 nitrogen and oxygen atoms in total. The summed E-state index contributed by atoms with van der Waals surface area (Å²) in [7, 11) is -4.67. The van der Waals surface area contributed by atoms with E-state index in [1.807, 2.05) is 0 Å². The Morgan fingerprint density at radius 2 is 0.795 bits per heavy atom. The lowest BCUT2D eigenvalue weighted by Gasteiger charge is -2.34. The molecular weight excluding hydrogens is 734 g/mol. The quantitative estimate of drug-likeness (QED) is 0.206. The Hall–Kier alpha value is -0.230. The van der Waals surface area contributed by atoms with Gasteiger partial charge in [-0.15, -0.1) is 0 Å². The van der Waals surface area contributed by atoms with Crippen LogP contribution in [0.1, 0.15) is 131 Å². The average molecular weight is 787 g/mol. The summed E-state index contributed by atoms with van der Waals surface area (Å²) in [5.41, 5.74) is 7.22. The van der Waals surface area contributed by atoms with Crippen molar-refractivity contribution in [1.29, 1.82) is 0 Å². The second-order valence-corrected chi connectivity index (χ2v) is 15.9. The molecule has 2 aromatic carbocycles. The van der Waals surface area contributed by atoms with Gasteiger partial charge in [-0.2, -0.15) is 8.42 Å². The number of hydrogen-bond donors (Lipinski definition) is 2. The highest BCUT2D eigenvalue weighted by atomic mass is 127. The number of rotatable bonds is 8. The van der Waals surface area contributed by atoms with E-state index in [9.17, 15) is 0 Å².